The topological polar surface area (TPSA) is 51.0 Å². The van der Waals surface area contributed by atoms with E-state index >= 15 is 0 Å². The van der Waals surface area contributed by atoms with Gasteiger partial charge in [0, 0.05) is 5.56 Å². The van der Waals surface area contributed by atoms with Crippen LogP contribution in [0.3, 0.4) is 0 Å². The minimum Gasteiger partial charge on any atom is -0.274 e. The van der Waals surface area contributed by atoms with Crippen LogP contribution in [0.4, 0.5) is 4.39 Å². The summed E-state index contributed by atoms with van der Waals surface area (Å²) in [5.74, 6) is 0.0222. The first-order valence-corrected chi connectivity index (χ1v) is 7.93. The number of hydrogen-bond donors (Lipinski definition) is 0. The molecule has 5 heteroatoms. The molecule has 4 rings (SSSR count). The van der Waals surface area contributed by atoms with Crippen molar-refractivity contribution in [2.24, 2.45) is 4.99 Å². The maximum Gasteiger partial charge on any atom is 0.201 e. The lowest BCUT2D eigenvalue weighted by Gasteiger charge is -2.29. The van der Waals surface area contributed by atoms with Crippen molar-refractivity contribution in [3.8, 4) is 0 Å². The van der Waals surface area contributed by atoms with Crippen molar-refractivity contribution in [2.75, 3.05) is 0 Å². The largest absolute Gasteiger partial charge is 0.274 e. The first-order valence-electron chi connectivity index (χ1n) is 7.93. The minimum atomic E-state index is -0.416. The van der Waals surface area contributed by atoms with E-state index < -0.39 is 5.82 Å². The van der Waals surface area contributed by atoms with Gasteiger partial charge in [0.1, 0.15) is 11.2 Å². The number of aryl methyl sites for hydroxylation is 1. The standard InChI is InChI=1S/C19H17FN4/c1-11-6-4-7-12-13(11)10-19(2,3)22-16(12)18-21-15-9-5-8-14(20)17(15)23-24-18/h4-9H,10H2,1-3H3. The third kappa shape index (κ3) is 2.37. The number of fused-ring (bicyclic) bond motifs is 2. The van der Waals surface area contributed by atoms with Crippen LogP contribution in [0, 0.1) is 12.7 Å². The van der Waals surface area contributed by atoms with Gasteiger partial charge >= 0.3 is 0 Å². The molecular weight excluding hydrogens is 303 g/mol. The Hall–Kier alpha value is -2.69. The monoisotopic (exact) mass is 320 g/mol. The predicted molar refractivity (Wildman–Crippen MR) is 91.9 cm³/mol. The van der Waals surface area contributed by atoms with Gasteiger partial charge in [-0.1, -0.05) is 24.3 Å². The highest BCUT2D eigenvalue weighted by molar-refractivity contribution is 6.12. The Morgan fingerprint density at radius 1 is 1.04 bits per heavy atom. The molecule has 0 fully saturated rings. The van der Waals surface area contributed by atoms with Crippen molar-refractivity contribution in [1.82, 2.24) is 15.2 Å². The molecule has 1 aliphatic rings. The molecule has 0 saturated heterocycles. The SMILES string of the molecule is Cc1cccc2c1CC(C)(C)N=C2c1nnc2c(F)cccc2n1. The van der Waals surface area contributed by atoms with E-state index in [4.69, 9.17) is 4.99 Å². The molecule has 4 nitrogen and oxygen atoms in total. The summed E-state index contributed by atoms with van der Waals surface area (Å²) in [5, 5.41) is 8.18. The molecule has 1 aromatic heterocycles. The van der Waals surface area contributed by atoms with Gasteiger partial charge in [0.15, 0.2) is 5.82 Å². The zero-order valence-corrected chi connectivity index (χ0v) is 13.8. The quantitative estimate of drug-likeness (QED) is 0.688. The third-order valence-electron chi connectivity index (χ3n) is 4.34. The molecule has 120 valence electrons. The van der Waals surface area contributed by atoms with Crippen LogP contribution >= 0.6 is 0 Å². The number of aromatic nitrogens is 3. The van der Waals surface area contributed by atoms with Crippen LogP contribution < -0.4 is 0 Å². The fraction of sp³-hybridized carbons (Fsp3) is 0.263. The number of halogens is 1. The number of hydrogen-bond acceptors (Lipinski definition) is 4. The summed E-state index contributed by atoms with van der Waals surface area (Å²) in [5.41, 5.74) is 4.68. The molecule has 0 unspecified atom stereocenters. The molecular formula is C19H17FN4. The molecule has 0 radical (unpaired) electrons. The molecule has 2 heterocycles. The molecule has 0 amide bonds. The van der Waals surface area contributed by atoms with Gasteiger partial charge in [-0.15, -0.1) is 10.2 Å². The molecule has 24 heavy (non-hydrogen) atoms. The maximum atomic E-state index is 13.8. The van der Waals surface area contributed by atoms with Gasteiger partial charge in [0.2, 0.25) is 5.82 Å². The van der Waals surface area contributed by atoms with Crippen molar-refractivity contribution in [3.05, 3.63) is 64.7 Å². The van der Waals surface area contributed by atoms with E-state index in [9.17, 15) is 4.39 Å². The van der Waals surface area contributed by atoms with Crippen LogP contribution in [0.2, 0.25) is 0 Å². The molecule has 2 aromatic carbocycles. The summed E-state index contributed by atoms with van der Waals surface area (Å²) in [6.45, 7) is 6.29. The molecule has 0 saturated carbocycles. The molecule has 0 N–H and O–H groups in total. The van der Waals surface area contributed by atoms with Crippen molar-refractivity contribution in [1.29, 1.82) is 0 Å². The average molecular weight is 320 g/mol. The summed E-state index contributed by atoms with van der Waals surface area (Å²) in [6.07, 6.45) is 0.869. The van der Waals surface area contributed by atoms with Crippen LogP contribution in [0.25, 0.3) is 11.0 Å². The van der Waals surface area contributed by atoms with Gasteiger partial charge in [-0.05, 0) is 50.5 Å². The van der Waals surface area contributed by atoms with Crippen molar-refractivity contribution in [2.45, 2.75) is 32.7 Å². The first-order chi connectivity index (χ1) is 11.4. The van der Waals surface area contributed by atoms with Crippen molar-refractivity contribution in [3.63, 3.8) is 0 Å². The lowest BCUT2D eigenvalue weighted by molar-refractivity contribution is 0.511. The minimum absolute atomic E-state index is 0.182. The Kier molecular flexibility index (Phi) is 3.20. The lowest BCUT2D eigenvalue weighted by atomic mass is 9.84. The second-order valence-corrected chi connectivity index (χ2v) is 6.79. The van der Waals surface area contributed by atoms with E-state index in [1.54, 1.807) is 12.1 Å². The van der Waals surface area contributed by atoms with Crippen LogP contribution in [0.1, 0.15) is 36.4 Å². The van der Waals surface area contributed by atoms with E-state index in [-0.39, 0.29) is 11.1 Å². The highest BCUT2D eigenvalue weighted by Crippen LogP contribution is 2.30. The van der Waals surface area contributed by atoms with E-state index in [2.05, 4.69) is 42.0 Å². The average Bonchev–Trinajstić information content (AvgIpc) is 2.54. The van der Waals surface area contributed by atoms with Gasteiger partial charge < -0.3 is 0 Å². The van der Waals surface area contributed by atoms with Crippen molar-refractivity contribution < 1.29 is 4.39 Å². The molecule has 0 atom stereocenters. The smallest absolute Gasteiger partial charge is 0.201 e. The Labute approximate surface area is 139 Å². The van der Waals surface area contributed by atoms with Gasteiger partial charge in [-0.3, -0.25) is 4.99 Å². The maximum absolute atomic E-state index is 13.8. The summed E-state index contributed by atoms with van der Waals surface area (Å²) in [6, 6.07) is 10.9. The van der Waals surface area contributed by atoms with Crippen LogP contribution in [-0.4, -0.2) is 26.4 Å². The van der Waals surface area contributed by atoms with E-state index in [0.29, 0.717) is 11.3 Å². The number of aliphatic imine (C=N–C) groups is 1. The van der Waals surface area contributed by atoms with Gasteiger partial charge in [-0.2, -0.15) is 0 Å². The summed E-state index contributed by atoms with van der Waals surface area (Å²) in [4.78, 5) is 9.36. The number of benzene rings is 2. The van der Waals surface area contributed by atoms with Gasteiger partial charge in [-0.25, -0.2) is 9.37 Å². The Morgan fingerprint density at radius 3 is 2.67 bits per heavy atom. The second kappa shape index (κ2) is 5.16. The molecule has 3 aromatic rings. The zero-order valence-electron chi connectivity index (χ0n) is 13.8. The number of rotatable bonds is 1. The summed E-state index contributed by atoms with van der Waals surface area (Å²) in [7, 11) is 0. The normalized spacial score (nSPS) is 15.9. The molecule has 0 spiro atoms. The van der Waals surface area contributed by atoms with Gasteiger partial charge in [0.05, 0.1) is 11.1 Å². The lowest BCUT2D eigenvalue weighted by Crippen LogP contribution is -2.31. The Morgan fingerprint density at radius 2 is 1.83 bits per heavy atom. The highest BCUT2D eigenvalue weighted by Gasteiger charge is 2.29. The highest BCUT2D eigenvalue weighted by atomic mass is 19.1. The second-order valence-electron chi connectivity index (χ2n) is 6.79. The van der Waals surface area contributed by atoms with E-state index in [0.717, 1.165) is 17.7 Å². The predicted octanol–water partition coefficient (Wildman–Crippen LogP) is 3.64. The Balaban J connectivity index is 1.95. The van der Waals surface area contributed by atoms with E-state index in [1.165, 1.54) is 17.2 Å². The fourth-order valence-corrected chi connectivity index (χ4v) is 3.19. The van der Waals surface area contributed by atoms with Crippen LogP contribution in [-0.2, 0) is 6.42 Å². The van der Waals surface area contributed by atoms with Crippen LogP contribution in [0.15, 0.2) is 41.4 Å². The summed E-state index contributed by atoms with van der Waals surface area (Å²) < 4.78 is 13.8. The summed E-state index contributed by atoms with van der Waals surface area (Å²) >= 11 is 0. The third-order valence-corrected chi connectivity index (χ3v) is 4.34. The Bertz CT molecular complexity index is 992. The van der Waals surface area contributed by atoms with E-state index in [1.807, 2.05) is 12.1 Å². The fourth-order valence-electron chi connectivity index (χ4n) is 3.19. The molecule has 1 aliphatic heterocycles. The zero-order chi connectivity index (χ0) is 16.9. The van der Waals surface area contributed by atoms with Crippen LogP contribution in [0.5, 0.6) is 0 Å². The van der Waals surface area contributed by atoms with Gasteiger partial charge in [0.25, 0.3) is 0 Å². The van der Waals surface area contributed by atoms with Crippen molar-refractivity contribution >= 4 is 16.7 Å². The first kappa shape index (κ1) is 14.9. The number of nitrogens with zero attached hydrogens (tertiary/aromatic N) is 4. The molecule has 0 bridgehead atoms. The molecule has 0 aliphatic carbocycles.